The predicted octanol–water partition coefficient (Wildman–Crippen LogP) is -0.937. The Morgan fingerprint density at radius 2 is 2.33 bits per heavy atom. The van der Waals surface area contributed by atoms with Gasteiger partial charge in [-0.05, 0) is 0 Å². The van der Waals surface area contributed by atoms with Crippen molar-refractivity contribution >= 4 is 0 Å². The average Bonchev–Trinajstić information content (AvgIpc) is 1.89. The highest BCUT2D eigenvalue weighted by molar-refractivity contribution is 4.74. The van der Waals surface area contributed by atoms with Gasteiger partial charge in [-0.25, -0.2) is 5.43 Å². The minimum Gasteiger partial charge on any atom is -0.376 e. The van der Waals surface area contributed by atoms with E-state index < -0.39 is 0 Å². The van der Waals surface area contributed by atoms with Gasteiger partial charge in [-0.2, -0.15) is 0 Å². The van der Waals surface area contributed by atoms with Crippen molar-refractivity contribution in [1.29, 1.82) is 0 Å². The van der Waals surface area contributed by atoms with E-state index in [4.69, 9.17) is 5.11 Å². The summed E-state index contributed by atoms with van der Waals surface area (Å²) in [5.74, 6) is 0. The van der Waals surface area contributed by atoms with E-state index in [9.17, 15) is 0 Å². The number of hydrogen-bond donors (Lipinski definition) is 3. The minimum atomic E-state index is 0.0297. The van der Waals surface area contributed by atoms with Gasteiger partial charge in [0.15, 0.2) is 0 Å². The van der Waals surface area contributed by atoms with Gasteiger partial charge in [-0.15, -0.1) is 0 Å². The highest BCUT2D eigenvalue weighted by atomic mass is 16.3. The van der Waals surface area contributed by atoms with E-state index >= 15 is 0 Å². The maximum Gasteiger partial charge on any atom is 0.115 e. The molecule has 0 aromatic carbocycles. The molecule has 0 unspecified atom stereocenters. The lowest BCUT2D eigenvalue weighted by Crippen LogP contribution is -2.22. The number of rotatable bonds is 4. The molecule has 3 N–H and O–H groups in total. The van der Waals surface area contributed by atoms with E-state index in [0.717, 1.165) is 0 Å². The van der Waals surface area contributed by atoms with Crippen LogP contribution in [-0.2, 0) is 0 Å². The van der Waals surface area contributed by atoms with Crippen LogP contribution in [0.15, 0.2) is 12.4 Å². The van der Waals surface area contributed by atoms with Crippen molar-refractivity contribution in [2.45, 2.75) is 0 Å². The average molecular weight is 131 g/mol. The van der Waals surface area contributed by atoms with Crippen LogP contribution in [0.2, 0.25) is 0 Å². The molecule has 0 aliphatic carbocycles. The van der Waals surface area contributed by atoms with Crippen molar-refractivity contribution in [2.24, 2.45) is 0 Å². The van der Waals surface area contributed by atoms with E-state index in [1.807, 2.05) is 0 Å². The Kier molecular flexibility index (Phi) is 4.95. The summed E-state index contributed by atoms with van der Waals surface area (Å²) < 4.78 is 0. The second kappa shape index (κ2) is 5.40. The van der Waals surface area contributed by atoms with E-state index in [1.54, 1.807) is 31.4 Å². The Morgan fingerprint density at radius 3 is 2.78 bits per heavy atom. The summed E-state index contributed by atoms with van der Waals surface area (Å²) in [6.45, 7) is 0.0297. The number of hydrazine groups is 1. The first kappa shape index (κ1) is 8.26. The van der Waals surface area contributed by atoms with Crippen LogP contribution in [0, 0.1) is 0 Å². The quantitative estimate of drug-likeness (QED) is 0.340. The van der Waals surface area contributed by atoms with E-state index in [2.05, 4.69) is 10.9 Å². The first-order valence-corrected chi connectivity index (χ1v) is 2.71. The molecular formula is C5H13N3O. The molecule has 9 heavy (non-hydrogen) atoms. The maximum atomic E-state index is 8.46. The predicted molar refractivity (Wildman–Crippen MR) is 36.2 cm³/mol. The molecule has 0 aromatic heterocycles. The Bertz CT molecular complexity index is 84.3. The smallest absolute Gasteiger partial charge is 0.115 e. The molecule has 0 aliphatic heterocycles. The fraction of sp³-hybridized carbons (Fsp3) is 0.600. The Hall–Kier alpha value is -0.740. The summed E-state index contributed by atoms with van der Waals surface area (Å²) in [6, 6.07) is 0. The molecule has 0 aliphatic rings. The highest BCUT2D eigenvalue weighted by Crippen LogP contribution is 1.76. The van der Waals surface area contributed by atoms with Crippen LogP contribution >= 0.6 is 0 Å². The zero-order chi connectivity index (χ0) is 7.11. The van der Waals surface area contributed by atoms with Crippen molar-refractivity contribution in [3.63, 3.8) is 0 Å². The molecule has 0 rings (SSSR count). The monoisotopic (exact) mass is 131 g/mol. The molecule has 0 atom stereocenters. The standard InChI is InChI=1S/C5H13N3O/c1-6-7-3-4-8(2)5-9/h3-4,6-7,9H,5H2,1-2H3/b4-3-. The molecule has 0 radical (unpaired) electrons. The summed E-state index contributed by atoms with van der Waals surface area (Å²) in [6.07, 6.45) is 3.41. The SMILES string of the molecule is CNN/C=C\N(C)CO. The Balaban J connectivity index is 3.20. The molecule has 0 saturated heterocycles. The summed E-state index contributed by atoms with van der Waals surface area (Å²) in [5, 5.41) is 8.46. The van der Waals surface area contributed by atoms with Crippen LogP contribution in [-0.4, -0.2) is 30.8 Å². The van der Waals surface area contributed by atoms with Crippen molar-refractivity contribution in [3.8, 4) is 0 Å². The third kappa shape index (κ3) is 5.13. The van der Waals surface area contributed by atoms with Crippen molar-refractivity contribution < 1.29 is 5.11 Å². The summed E-state index contributed by atoms with van der Waals surface area (Å²) in [5.41, 5.74) is 5.43. The van der Waals surface area contributed by atoms with E-state index in [1.165, 1.54) is 0 Å². The van der Waals surface area contributed by atoms with Gasteiger partial charge in [0.1, 0.15) is 6.73 Å². The number of hydrogen-bond acceptors (Lipinski definition) is 4. The summed E-state index contributed by atoms with van der Waals surface area (Å²) >= 11 is 0. The topological polar surface area (TPSA) is 47.5 Å². The number of aliphatic hydroxyl groups excluding tert-OH is 1. The van der Waals surface area contributed by atoms with E-state index in [-0.39, 0.29) is 6.73 Å². The molecule has 54 valence electrons. The van der Waals surface area contributed by atoms with Crippen LogP contribution in [0.25, 0.3) is 0 Å². The van der Waals surface area contributed by atoms with Crippen LogP contribution in [0.3, 0.4) is 0 Å². The van der Waals surface area contributed by atoms with Crippen LogP contribution < -0.4 is 10.9 Å². The van der Waals surface area contributed by atoms with Gasteiger partial charge in [-0.3, -0.25) is 0 Å². The molecular weight excluding hydrogens is 118 g/mol. The molecule has 0 heterocycles. The van der Waals surface area contributed by atoms with E-state index in [0.29, 0.717) is 0 Å². The lowest BCUT2D eigenvalue weighted by molar-refractivity contribution is 0.174. The Labute approximate surface area is 55.1 Å². The number of nitrogens with one attached hydrogen (secondary N) is 2. The molecule has 0 amide bonds. The van der Waals surface area contributed by atoms with Gasteiger partial charge in [0.2, 0.25) is 0 Å². The second-order valence-corrected chi connectivity index (χ2v) is 1.61. The molecule has 4 nitrogen and oxygen atoms in total. The fourth-order valence-electron chi connectivity index (χ4n) is 0.295. The number of aliphatic hydroxyl groups is 1. The summed E-state index contributed by atoms with van der Waals surface area (Å²) in [7, 11) is 3.54. The lowest BCUT2D eigenvalue weighted by atomic mass is 10.8. The van der Waals surface area contributed by atoms with Gasteiger partial charge in [0, 0.05) is 26.5 Å². The second-order valence-electron chi connectivity index (χ2n) is 1.61. The van der Waals surface area contributed by atoms with Gasteiger partial charge >= 0.3 is 0 Å². The third-order valence-corrected chi connectivity index (χ3v) is 0.780. The van der Waals surface area contributed by atoms with Crippen molar-refractivity contribution in [1.82, 2.24) is 15.8 Å². The largest absolute Gasteiger partial charge is 0.376 e. The minimum absolute atomic E-state index is 0.0297. The molecule has 0 saturated carbocycles. The van der Waals surface area contributed by atoms with Crippen molar-refractivity contribution in [2.75, 3.05) is 20.8 Å². The fourth-order valence-corrected chi connectivity index (χ4v) is 0.295. The van der Waals surface area contributed by atoms with Gasteiger partial charge < -0.3 is 15.4 Å². The molecule has 0 fully saturated rings. The summed E-state index contributed by atoms with van der Waals surface area (Å²) in [4.78, 5) is 1.63. The maximum absolute atomic E-state index is 8.46. The third-order valence-electron chi connectivity index (χ3n) is 0.780. The lowest BCUT2D eigenvalue weighted by Gasteiger charge is -2.07. The zero-order valence-corrected chi connectivity index (χ0v) is 5.76. The molecule has 0 bridgehead atoms. The molecule has 0 aromatic rings. The molecule has 0 spiro atoms. The zero-order valence-electron chi connectivity index (χ0n) is 5.76. The van der Waals surface area contributed by atoms with Gasteiger partial charge in [-0.1, -0.05) is 0 Å². The van der Waals surface area contributed by atoms with Crippen LogP contribution in [0.4, 0.5) is 0 Å². The van der Waals surface area contributed by atoms with Crippen LogP contribution in [0.1, 0.15) is 0 Å². The Morgan fingerprint density at radius 1 is 1.67 bits per heavy atom. The van der Waals surface area contributed by atoms with Gasteiger partial charge in [0.05, 0.1) is 0 Å². The van der Waals surface area contributed by atoms with Gasteiger partial charge in [0.25, 0.3) is 0 Å². The van der Waals surface area contributed by atoms with Crippen molar-refractivity contribution in [3.05, 3.63) is 12.4 Å². The van der Waals surface area contributed by atoms with Crippen LogP contribution in [0.5, 0.6) is 0 Å². The molecule has 4 heteroatoms. The normalized spacial score (nSPS) is 10.1. The highest BCUT2D eigenvalue weighted by Gasteiger charge is 1.80. The first-order chi connectivity index (χ1) is 4.31. The first-order valence-electron chi connectivity index (χ1n) is 2.71. The number of nitrogens with zero attached hydrogens (tertiary/aromatic N) is 1.